The minimum atomic E-state index is 0.921. The van der Waals surface area contributed by atoms with Crippen LogP contribution in [0.3, 0.4) is 0 Å². The fraction of sp³-hybridized carbons (Fsp3) is 0.333. The van der Waals surface area contributed by atoms with Gasteiger partial charge in [0.2, 0.25) is 0 Å². The van der Waals surface area contributed by atoms with Gasteiger partial charge in [0.05, 0.1) is 0 Å². The topological polar surface area (TPSA) is 0 Å². The maximum absolute atomic E-state index is 4.13. The molecule has 0 aromatic carbocycles. The molecule has 0 aliphatic heterocycles. The van der Waals surface area contributed by atoms with E-state index in [0.717, 1.165) is 12.8 Å². The minimum absolute atomic E-state index is 0.921. The first-order chi connectivity index (χ1) is 7.31. The standard InChI is InChI=1S/C15H18/c1-3-6-12(2)14-10-9-13-7-4-5-8-15(13)11-14/h3-4,7,11H,1-2,5-6,8-10H2. The van der Waals surface area contributed by atoms with Crippen molar-refractivity contribution in [2.75, 3.05) is 0 Å². The smallest absolute Gasteiger partial charge is 0.0103 e. The van der Waals surface area contributed by atoms with Crippen LogP contribution in [-0.2, 0) is 0 Å². The number of allylic oxidation sites excluding steroid dienone is 8. The van der Waals surface area contributed by atoms with Crippen molar-refractivity contribution in [2.24, 2.45) is 0 Å². The Hall–Kier alpha value is -1.30. The average Bonchev–Trinajstić information content (AvgIpc) is 2.29. The molecule has 0 aromatic rings. The Balaban J connectivity index is 2.20. The van der Waals surface area contributed by atoms with E-state index in [-0.39, 0.29) is 0 Å². The molecular formula is C15H18. The molecule has 0 atom stereocenters. The van der Waals surface area contributed by atoms with Crippen LogP contribution < -0.4 is 0 Å². The lowest BCUT2D eigenvalue weighted by atomic mass is 9.84. The molecule has 0 amide bonds. The summed E-state index contributed by atoms with van der Waals surface area (Å²) in [6.07, 6.45) is 14.5. The molecule has 0 heteroatoms. The lowest BCUT2D eigenvalue weighted by Crippen LogP contribution is -2.02. The highest BCUT2D eigenvalue weighted by Crippen LogP contribution is 2.33. The predicted octanol–water partition coefficient (Wildman–Crippen LogP) is 4.49. The molecule has 0 N–H and O–H groups in total. The van der Waals surface area contributed by atoms with Gasteiger partial charge in [0.15, 0.2) is 0 Å². The Morgan fingerprint density at radius 2 is 2.13 bits per heavy atom. The molecule has 78 valence electrons. The molecular weight excluding hydrogens is 180 g/mol. The first-order valence-electron chi connectivity index (χ1n) is 5.69. The molecule has 0 nitrogen and oxygen atoms in total. The molecule has 0 spiro atoms. The van der Waals surface area contributed by atoms with E-state index in [2.05, 4.69) is 31.4 Å². The number of hydrogen-bond donors (Lipinski definition) is 0. The van der Waals surface area contributed by atoms with Crippen molar-refractivity contribution in [3.05, 3.63) is 59.8 Å². The molecule has 0 heterocycles. The van der Waals surface area contributed by atoms with Gasteiger partial charge in [-0.05, 0) is 54.4 Å². The van der Waals surface area contributed by atoms with Crippen molar-refractivity contribution in [2.45, 2.75) is 32.1 Å². The van der Waals surface area contributed by atoms with Crippen LogP contribution in [0.25, 0.3) is 0 Å². The Morgan fingerprint density at radius 3 is 2.93 bits per heavy atom. The largest absolute Gasteiger partial charge is 0.103 e. The first-order valence-corrected chi connectivity index (χ1v) is 5.69. The molecule has 15 heavy (non-hydrogen) atoms. The minimum Gasteiger partial charge on any atom is -0.103 e. The third kappa shape index (κ3) is 2.20. The highest BCUT2D eigenvalue weighted by Gasteiger charge is 2.14. The SMILES string of the molecule is C=CCC(=C)C1=CC2=C(C=CCC2)CC1. The lowest BCUT2D eigenvalue weighted by molar-refractivity contribution is 0.852. The summed E-state index contributed by atoms with van der Waals surface area (Å²) < 4.78 is 0. The average molecular weight is 198 g/mol. The number of rotatable bonds is 3. The van der Waals surface area contributed by atoms with Crippen molar-refractivity contribution in [3.63, 3.8) is 0 Å². The van der Waals surface area contributed by atoms with Gasteiger partial charge >= 0.3 is 0 Å². The Bertz CT molecular complexity index is 375. The monoisotopic (exact) mass is 198 g/mol. The normalized spacial score (nSPS) is 19.6. The zero-order chi connectivity index (χ0) is 10.7. The fourth-order valence-corrected chi connectivity index (χ4v) is 2.28. The second-order valence-corrected chi connectivity index (χ2v) is 4.26. The van der Waals surface area contributed by atoms with E-state index in [0.29, 0.717) is 0 Å². The van der Waals surface area contributed by atoms with Crippen molar-refractivity contribution >= 4 is 0 Å². The van der Waals surface area contributed by atoms with E-state index in [1.165, 1.54) is 41.6 Å². The maximum atomic E-state index is 4.13. The summed E-state index contributed by atoms with van der Waals surface area (Å²) in [5, 5.41) is 0. The molecule has 2 rings (SSSR count). The third-order valence-corrected chi connectivity index (χ3v) is 3.17. The zero-order valence-corrected chi connectivity index (χ0v) is 9.26. The fourth-order valence-electron chi connectivity index (χ4n) is 2.28. The molecule has 0 bridgehead atoms. The van der Waals surface area contributed by atoms with Gasteiger partial charge in [-0.25, -0.2) is 0 Å². The second kappa shape index (κ2) is 4.48. The van der Waals surface area contributed by atoms with E-state index in [4.69, 9.17) is 0 Å². The van der Waals surface area contributed by atoms with Crippen LogP contribution in [0.2, 0.25) is 0 Å². The summed E-state index contributed by atoms with van der Waals surface area (Å²) in [5.74, 6) is 0. The van der Waals surface area contributed by atoms with Gasteiger partial charge in [-0.15, -0.1) is 6.58 Å². The third-order valence-electron chi connectivity index (χ3n) is 3.17. The first kappa shape index (κ1) is 10.2. The molecule has 0 unspecified atom stereocenters. The van der Waals surface area contributed by atoms with Gasteiger partial charge in [0.1, 0.15) is 0 Å². The molecule has 2 aliphatic rings. The van der Waals surface area contributed by atoms with Gasteiger partial charge in [-0.2, -0.15) is 0 Å². The number of hydrogen-bond acceptors (Lipinski definition) is 0. The summed E-state index contributed by atoms with van der Waals surface area (Å²) in [4.78, 5) is 0. The van der Waals surface area contributed by atoms with Crippen molar-refractivity contribution in [1.29, 1.82) is 0 Å². The summed E-state index contributed by atoms with van der Waals surface area (Å²) in [6.45, 7) is 7.89. The van der Waals surface area contributed by atoms with Crippen LogP contribution in [0.1, 0.15) is 32.1 Å². The highest BCUT2D eigenvalue weighted by atomic mass is 14.2. The molecule has 2 aliphatic carbocycles. The van der Waals surface area contributed by atoms with Gasteiger partial charge in [0.25, 0.3) is 0 Å². The Labute approximate surface area is 92.4 Å². The van der Waals surface area contributed by atoms with Crippen LogP contribution in [0.4, 0.5) is 0 Å². The molecule has 0 saturated carbocycles. The molecule has 0 saturated heterocycles. The summed E-state index contributed by atoms with van der Waals surface area (Å²) >= 11 is 0. The van der Waals surface area contributed by atoms with Gasteiger partial charge < -0.3 is 0 Å². The Morgan fingerprint density at radius 1 is 1.27 bits per heavy atom. The summed E-state index contributed by atoms with van der Waals surface area (Å²) in [5.41, 5.74) is 5.75. The predicted molar refractivity (Wildman–Crippen MR) is 66.7 cm³/mol. The van der Waals surface area contributed by atoms with E-state index < -0.39 is 0 Å². The lowest BCUT2D eigenvalue weighted by Gasteiger charge is -2.21. The van der Waals surface area contributed by atoms with Crippen molar-refractivity contribution < 1.29 is 0 Å². The molecule has 0 aromatic heterocycles. The quantitative estimate of drug-likeness (QED) is 0.586. The maximum Gasteiger partial charge on any atom is -0.0103 e. The summed E-state index contributed by atoms with van der Waals surface area (Å²) in [6, 6.07) is 0. The van der Waals surface area contributed by atoms with Crippen LogP contribution in [-0.4, -0.2) is 0 Å². The van der Waals surface area contributed by atoms with Crippen molar-refractivity contribution in [1.82, 2.24) is 0 Å². The van der Waals surface area contributed by atoms with Crippen molar-refractivity contribution in [3.8, 4) is 0 Å². The van der Waals surface area contributed by atoms with Crippen LogP contribution >= 0.6 is 0 Å². The van der Waals surface area contributed by atoms with Crippen LogP contribution in [0, 0.1) is 0 Å². The van der Waals surface area contributed by atoms with E-state index in [9.17, 15) is 0 Å². The van der Waals surface area contributed by atoms with Gasteiger partial charge in [0, 0.05) is 0 Å². The van der Waals surface area contributed by atoms with Gasteiger partial charge in [-0.1, -0.05) is 30.9 Å². The highest BCUT2D eigenvalue weighted by molar-refractivity contribution is 5.46. The van der Waals surface area contributed by atoms with Gasteiger partial charge in [-0.3, -0.25) is 0 Å². The van der Waals surface area contributed by atoms with Crippen LogP contribution in [0.5, 0.6) is 0 Å². The molecule has 0 fully saturated rings. The summed E-state index contributed by atoms with van der Waals surface area (Å²) in [7, 11) is 0. The molecule has 0 radical (unpaired) electrons. The van der Waals surface area contributed by atoms with Crippen LogP contribution in [0.15, 0.2) is 59.8 Å². The second-order valence-electron chi connectivity index (χ2n) is 4.26. The van der Waals surface area contributed by atoms with E-state index >= 15 is 0 Å². The zero-order valence-electron chi connectivity index (χ0n) is 9.26. The van der Waals surface area contributed by atoms with E-state index in [1.807, 2.05) is 6.08 Å². The van der Waals surface area contributed by atoms with E-state index in [1.54, 1.807) is 0 Å². The Kier molecular flexibility index (Phi) is 3.05.